The zero-order chi connectivity index (χ0) is 17.0. The van der Waals surface area contributed by atoms with Crippen LogP contribution in [0.2, 0.25) is 0 Å². The van der Waals surface area contributed by atoms with Gasteiger partial charge in [0.15, 0.2) is 0 Å². The van der Waals surface area contributed by atoms with Crippen molar-refractivity contribution < 1.29 is 18.0 Å². The van der Waals surface area contributed by atoms with Crippen molar-refractivity contribution in [2.45, 2.75) is 32.1 Å². The molecule has 2 rings (SSSR count). The Morgan fingerprint density at radius 3 is 2.61 bits per heavy atom. The predicted octanol–water partition coefficient (Wildman–Crippen LogP) is 0.669. The van der Waals surface area contributed by atoms with E-state index in [2.05, 4.69) is 10.9 Å². The molecule has 128 valence electrons. The van der Waals surface area contributed by atoms with E-state index in [1.165, 1.54) is 35.2 Å². The van der Waals surface area contributed by atoms with Gasteiger partial charge in [0, 0.05) is 11.9 Å². The number of amides is 2. The third kappa shape index (κ3) is 5.02. The lowest BCUT2D eigenvalue weighted by Gasteiger charge is -2.13. The number of sulfonamides is 1. The van der Waals surface area contributed by atoms with E-state index < -0.39 is 15.9 Å². The van der Waals surface area contributed by atoms with Crippen molar-refractivity contribution in [3.05, 3.63) is 21.4 Å². The van der Waals surface area contributed by atoms with E-state index in [0.717, 1.165) is 36.2 Å². The normalized spacial score (nSPS) is 14.9. The molecule has 0 unspecified atom stereocenters. The third-order valence-corrected chi connectivity index (χ3v) is 6.22. The van der Waals surface area contributed by atoms with Crippen LogP contribution in [0, 0.1) is 0 Å². The number of likely N-dealkylation sites (N-methyl/N-ethyl adjacent to an activating group) is 1. The molecule has 0 bridgehead atoms. The molecule has 1 aliphatic carbocycles. The van der Waals surface area contributed by atoms with Gasteiger partial charge in [0.25, 0.3) is 11.8 Å². The second-order valence-electron chi connectivity index (χ2n) is 5.64. The number of hydrogen-bond acceptors (Lipinski definition) is 5. The lowest BCUT2D eigenvalue weighted by atomic mass is 10.1. The van der Waals surface area contributed by atoms with Crippen LogP contribution in [0.1, 0.15) is 39.4 Å². The number of nitrogens with zero attached hydrogens (tertiary/aromatic N) is 1. The van der Waals surface area contributed by atoms with Crippen LogP contribution in [0.3, 0.4) is 0 Å². The molecule has 9 heteroatoms. The van der Waals surface area contributed by atoms with Crippen LogP contribution in [0.15, 0.2) is 6.07 Å². The Hall–Kier alpha value is -1.45. The van der Waals surface area contributed by atoms with Crippen molar-refractivity contribution in [3.63, 3.8) is 0 Å². The number of rotatable bonds is 4. The van der Waals surface area contributed by atoms with Crippen LogP contribution >= 0.6 is 11.3 Å². The maximum Gasteiger partial charge on any atom is 0.279 e. The molecule has 0 spiro atoms. The lowest BCUT2D eigenvalue weighted by molar-refractivity contribution is -0.121. The third-order valence-electron chi connectivity index (χ3n) is 3.72. The number of thiophene rings is 1. The van der Waals surface area contributed by atoms with Crippen LogP contribution in [0.4, 0.5) is 0 Å². The van der Waals surface area contributed by atoms with Crippen LogP contribution in [-0.2, 0) is 27.7 Å². The molecule has 1 aromatic heterocycles. The summed E-state index contributed by atoms with van der Waals surface area (Å²) in [6, 6.07) is 1.88. The van der Waals surface area contributed by atoms with Gasteiger partial charge in [0.05, 0.1) is 17.7 Å². The maximum atomic E-state index is 12.1. The average molecular weight is 359 g/mol. The Kier molecular flexibility index (Phi) is 5.77. The Labute approximate surface area is 140 Å². The average Bonchev–Trinajstić information content (AvgIpc) is 2.75. The lowest BCUT2D eigenvalue weighted by Crippen LogP contribution is -2.46. The zero-order valence-electron chi connectivity index (χ0n) is 13.2. The predicted molar refractivity (Wildman–Crippen MR) is 88.7 cm³/mol. The zero-order valence-corrected chi connectivity index (χ0v) is 14.8. The molecular weight excluding hydrogens is 338 g/mol. The molecule has 1 aliphatic rings. The first-order valence-electron chi connectivity index (χ1n) is 7.39. The summed E-state index contributed by atoms with van der Waals surface area (Å²) in [7, 11) is -2.13. The number of hydrogen-bond donors (Lipinski definition) is 2. The van der Waals surface area contributed by atoms with E-state index in [0.29, 0.717) is 4.88 Å². The molecular formula is C14H21N3O4S2. The molecule has 0 radical (unpaired) electrons. The van der Waals surface area contributed by atoms with Crippen molar-refractivity contribution >= 4 is 33.2 Å². The van der Waals surface area contributed by atoms with Crippen molar-refractivity contribution in [3.8, 4) is 0 Å². The van der Waals surface area contributed by atoms with Crippen molar-refractivity contribution in [1.29, 1.82) is 0 Å². The number of hydrazine groups is 1. The first-order valence-corrected chi connectivity index (χ1v) is 10.1. The Balaban J connectivity index is 1.89. The standard InChI is InChI=1S/C14H21N3O4S2/c1-17(23(2,20)21)9-13(18)15-16-14(19)12-8-10-6-4-3-5-7-11(10)22-12/h8H,3-7,9H2,1-2H3,(H,15,18)(H,16,19). The second kappa shape index (κ2) is 7.41. The second-order valence-corrected chi connectivity index (χ2v) is 8.87. The van der Waals surface area contributed by atoms with Gasteiger partial charge >= 0.3 is 0 Å². The fraction of sp³-hybridized carbons (Fsp3) is 0.571. The van der Waals surface area contributed by atoms with Gasteiger partial charge in [-0.15, -0.1) is 11.3 Å². The molecule has 0 aliphatic heterocycles. The summed E-state index contributed by atoms with van der Waals surface area (Å²) in [6.07, 6.45) is 6.50. The quantitative estimate of drug-likeness (QED) is 0.610. The van der Waals surface area contributed by atoms with Gasteiger partial charge in [-0.3, -0.25) is 20.4 Å². The minimum Gasteiger partial charge on any atom is -0.272 e. The monoisotopic (exact) mass is 359 g/mol. The van der Waals surface area contributed by atoms with Gasteiger partial charge in [-0.25, -0.2) is 8.42 Å². The van der Waals surface area contributed by atoms with E-state index in [1.54, 1.807) is 0 Å². The highest BCUT2D eigenvalue weighted by Gasteiger charge is 2.18. The van der Waals surface area contributed by atoms with E-state index in [1.807, 2.05) is 6.07 Å². The van der Waals surface area contributed by atoms with Crippen LogP contribution < -0.4 is 10.9 Å². The number of fused-ring (bicyclic) bond motifs is 1. The van der Waals surface area contributed by atoms with Crippen molar-refractivity contribution in [2.24, 2.45) is 0 Å². The van der Waals surface area contributed by atoms with Gasteiger partial charge in [0.1, 0.15) is 0 Å². The summed E-state index contributed by atoms with van der Waals surface area (Å²) in [4.78, 5) is 25.5. The number of aryl methyl sites for hydroxylation is 2. The molecule has 0 saturated heterocycles. The molecule has 0 aromatic carbocycles. The largest absolute Gasteiger partial charge is 0.279 e. The molecule has 0 atom stereocenters. The molecule has 0 saturated carbocycles. The molecule has 23 heavy (non-hydrogen) atoms. The number of carbonyl (C=O) groups is 2. The summed E-state index contributed by atoms with van der Waals surface area (Å²) in [5, 5.41) is 0. The molecule has 7 nitrogen and oxygen atoms in total. The molecule has 1 heterocycles. The smallest absolute Gasteiger partial charge is 0.272 e. The van der Waals surface area contributed by atoms with Crippen molar-refractivity contribution in [2.75, 3.05) is 19.8 Å². The summed E-state index contributed by atoms with van der Waals surface area (Å²) in [5.41, 5.74) is 5.79. The summed E-state index contributed by atoms with van der Waals surface area (Å²) in [6.45, 7) is -0.347. The molecule has 2 N–H and O–H groups in total. The van der Waals surface area contributed by atoms with E-state index in [9.17, 15) is 18.0 Å². The Morgan fingerprint density at radius 1 is 1.22 bits per heavy atom. The minimum absolute atomic E-state index is 0.347. The van der Waals surface area contributed by atoms with Crippen LogP contribution in [-0.4, -0.2) is 44.4 Å². The fourth-order valence-electron chi connectivity index (χ4n) is 2.33. The highest BCUT2D eigenvalue weighted by atomic mass is 32.2. The Bertz CT molecular complexity index is 673. The molecule has 0 fully saturated rings. The van der Waals surface area contributed by atoms with Gasteiger partial charge in [-0.1, -0.05) is 6.42 Å². The van der Waals surface area contributed by atoms with Gasteiger partial charge in [-0.2, -0.15) is 4.31 Å². The fourth-order valence-corrected chi connectivity index (χ4v) is 3.83. The number of carbonyl (C=O) groups excluding carboxylic acids is 2. The van der Waals surface area contributed by atoms with Gasteiger partial charge < -0.3 is 0 Å². The van der Waals surface area contributed by atoms with Crippen molar-refractivity contribution in [1.82, 2.24) is 15.2 Å². The highest BCUT2D eigenvalue weighted by Crippen LogP contribution is 2.28. The number of nitrogens with one attached hydrogen (secondary N) is 2. The minimum atomic E-state index is -3.43. The summed E-state index contributed by atoms with van der Waals surface area (Å²) < 4.78 is 23.4. The van der Waals surface area contributed by atoms with E-state index in [4.69, 9.17) is 0 Å². The summed E-state index contributed by atoms with van der Waals surface area (Å²) in [5.74, 6) is -0.970. The first kappa shape index (κ1) is 17.9. The van der Waals surface area contributed by atoms with Crippen LogP contribution in [0.5, 0.6) is 0 Å². The molecule has 1 aromatic rings. The van der Waals surface area contributed by atoms with E-state index in [-0.39, 0.29) is 12.5 Å². The van der Waals surface area contributed by atoms with Gasteiger partial charge in [0.2, 0.25) is 10.0 Å². The highest BCUT2D eigenvalue weighted by molar-refractivity contribution is 7.88. The maximum absolute atomic E-state index is 12.1. The summed E-state index contributed by atoms with van der Waals surface area (Å²) >= 11 is 1.46. The van der Waals surface area contributed by atoms with Gasteiger partial charge in [-0.05, 0) is 37.3 Å². The Morgan fingerprint density at radius 2 is 1.91 bits per heavy atom. The molecule has 2 amide bonds. The topological polar surface area (TPSA) is 95.6 Å². The van der Waals surface area contributed by atoms with Crippen LogP contribution in [0.25, 0.3) is 0 Å². The SMILES string of the molecule is CN(CC(=O)NNC(=O)c1cc2c(s1)CCCCC2)S(C)(=O)=O. The first-order chi connectivity index (χ1) is 10.8. The van der Waals surface area contributed by atoms with E-state index >= 15 is 0 Å².